The van der Waals surface area contributed by atoms with Crippen molar-refractivity contribution in [2.75, 3.05) is 56.9 Å². The van der Waals surface area contributed by atoms with Crippen LogP contribution in [0.3, 0.4) is 0 Å². The Morgan fingerprint density at radius 3 is 2.52 bits per heavy atom. The van der Waals surface area contributed by atoms with Crippen molar-refractivity contribution in [3.05, 3.63) is 106 Å². The molecule has 7 nitrogen and oxygen atoms in total. The lowest BCUT2D eigenvalue weighted by molar-refractivity contribution is -0.115. The minimum Gasteiger partial charge on any atom is -0.354 e. The van der Waals surface area contributed by atoms with Gasteiger partial charge in [-0.2, -0.15) is 0 Å². The van der Waals surface area contributed by atoms with E-state index in [2.05, 4.69) is 84.8 Å². The van der Waals surface area contributed by atoms with Gasteiger partial charge in [0, 0.05) is 60.6 Å². The van der Waals surface area contributed by atoms with Gasteiger partial charge >= 0.3 is 0 Å². The number of aromatic nitrogens is 2. The predicted molar refractivity (Wildman–Crippen MR) is 173 cm³/mol. The molecule has 42 heavy (non-hydrogen) atoms. The number of piperazine rings is 1. The topological polar surface area (TPSA) is 73.4 Å². The van der Waals surface area contributed by atoms with Crippen LogP contribution in [0.5, 0.6) is 0 Å². The van der Waals surface area contributed by atoms with Gasteiger partial charge in [-0.25, -0.2) is 9.97 Å². The van der Waals surface area contributed by atoms with E-state index in [0.717, 1.165) is 79.1 Å². The number of likely N-dealkylation sites (N-methyl/N-ethyl adjacent to an activating group) is 1. The fourth-order valence-corrected chi connectivity index (χ4v) is 6.15. The van der Waals surface area contributed by atoms with Crippen molar-refractivity contribution in [2.24, 2.45) is 0 Å². The van der Waals surface area contributed by atoms with Crippen LogP contribution in [0.15, 0.2) is 83.5 Å². The van der Waals surface area contributed by atoms with E-state index in [-0.39, 0.29) is 11.8 Å². The summed E-state index contributed by atoms with van der Waals surface area (Å²) in [6, 6.07) is 24.6. The molecule has 8 heteroatoms. The molecule has 1 unspecified atom stereocenters. The van der Waals surface area contributed by atoms with Crippen molar-refractivity contribution in [1.29, 1.82) is 0 Å². The molecule has 0 spiro atoms. The Morgan fingerprint density at radius 2 is 1.74 bits per heavy atom. The first-order valence-corrected chi connectivity index (χ1v) is 15.6. The molecule has 0 radical (unpaired) electrons. The summed E-state index contributed by atoms with van der Waals surface area (Å²) in [5, 5.41) is 6.50. The van der Waals surface area contributed by atoms with Crippen LogP contribution in [0.4, 0.5) is 11.6 Å². The molecule has 6 rings (SSSR count). The SMILES string of the molecule is CN1CCN(CCCNc2ncc3c(n2)-c2ccccc2C(c2ccc(NC(=O)Cc4ccc(Br)cc4)cc2)C3)CC1. The third-order valence-electron chi connectivity index (χ3n) is 8.28. The molecule has 1 saturated heterocycles. The van der Waals surface area contributed by atoms with Gasteiger partial charge in [0.1, 0.15) is 0 Å². The van der Waals surface area contributed by atoms with E-state index >= 15 is 0 Å². The number of halogens is 1. The van der Waals surface area contributed by atoms with Gasteiger partial charge < -0.3 is 20.4 Å². The number of hydrogen-bond acceptors (Lipinski definition) is 6. The number of nitrogens with one attached hydrogen (secondary N) is 2. The highest BCUT2D eigenvalue weighted by atomic mass is 79.9. The Hall–Kier alpha value is -3.59. The van der Waals surface area contributed by atoms with E-state index < -0.39 is 0 Å². The van der Waals surface area contributed by atoms with Crippen LogP contribution < -0.4 is 10.6 Å². The first-order chi connectivity index (χ1) is 20.5. The second-order valence-corrected chi connectivity index (χ2v) is 12.2. The molecule has 2 heterocycles. The standard InChI is InChI=1S/C34H37BrN6O/c1-40-17-19-41(20-18-40)16-4-15-36-34-37-23-26-22-31(29-5-2-3-6-30(29)33(26)39-34)25-9-13-28(14-10-25)38-32(42)21-24-7-11-27(35)12-8-24/h2-3,5-14,23,31H,4,15-22H2,1H3,(H,38,42)(H,36,37,39). The second-order valence-electron chi connectivity index (χ2n) is 11.3. The highest BCUT2D eigenvalue weighted by molar-refractivity contribution is 9.10. The van der Waals surface area contributed by atoms with Gasteiger partial charge in [-0.15, -0.1) is 0 Å². The van der Waals surface area contributed by atoms with E-state index in [0.29, 0.717) is 12.4 Å². The van der Waals surface area contributed by atoms with Crippen molar-refractivity contribution in [3.63, 3.8) is 0 Å². The summed E-state index contributed by atoms with van der Waals surface area (Å²) >= 11 is 3.44. The number of amides is 1. The number of fused-ring (bicyclic) bond motifs is 3. The van der Waals surface area contributed by atoms with Gasteiger partial charge in [-0.05, 0) is 73.0 Å². The second kappa shape index (κ2) is 13.2. The molecule has 1 aliphatic carbocycles. The van der Waals surface area contributed by atoms with Crippen LogP contribution in [-0.2, 0) is 17.6 Å². The molecule has 0 bridgehead atoms. The molecule has 2 N–H and O–H groups in total. The molecule has 2 aliphatic rings. The lowest BCUT2D eigenvalue weighted by Gasteiger charge is -2.32. The number of rotatable bonds is 9. The largest absolute Gasteiger partial charge is 0.354 e. The maximum absolute atomic E-state index is 12.6. The minimum atomic E-state index is -0.0251. The average Bonchev–Trinajstić information content (AvgIpc) is 3.01. The third kappa shape index (κ3) is 6.89. The molecular formula is C34H37BrN6O. The van der Waals surface area contributed by atoms with E-state index in [1.165, 1.54) is 16.7 Å². The first-order valence-electron chi connectivity index (χ1n) is 14.8. The van der Waals surface area contributed by atoms with Gasteiger partial charge in [0.15, 0.2) is 0 Å². The maximum Gasteiger partial charge on any atom is 0.228 e. The van der Waals surface area contributed by atoms with Crippen molar-refractivity contribution in [1.82, 2.24) is 19.8 Å². The molecule has 1 aliphatic heterocycles. The third-order valence-corrected chi connectivity index (χ3v) is 8.81. The summed E-state index contributed by atoms with van der Waals surface area (Å²) in [6.45, 7) is 6.55. The summed E-state index contributed by atoms with van der Waals surface area (Å²) in [7, 11) is 2.19. The van der Waals surface area contributed by atoms with E-state index in [9.17, 15) is 4.79 Å². The van der Waals surface area contributed by atoms with Crippen molar-refractivity contribution in [2.45, 2.75) is 25.2 Å². The lowest BCUT2D eigenvalue weighted by atomic mass is 9.78. The molecule has 4 aromatic rings. The zero-order valence-corrected chi connectivity index (χ0v) is 25.6. The Labute approximate surface area is 256 Å². The van der Waals surface area contributed by atoms with Gasteiger partial charge in [-0.1, -0.05) is 64.5 Å². The van der Waals surface area contributed by atoms with Crippen LogP contribution in [0.25, 0.3) is 11.3 Å². The highest BCUT2D eigenvalue weighted by Crippen LogP contribution is 2.42. The molecule has 1 aromatic heterocycles. The Kier molecular flexibility index (Phi) is 8.93. The first kappa shape index (κ1) is 28.5. The number of anilines is 2. The van der Waals surface area contributed by atoms with E-state index in [1.54, 1.807) is 0 Å². The summed E-state index contributed by atoms with van der Waals surface area (Å²) in [6.07, 6.45) is 4.24. The number of carbonyl (C=O) groups is 1. The number of hydrogen-bond donors (Lipinski definition) is 2. The molecule has 0 saturated carbocycles. The highest BCUT2D eigenvalue weighted by Gasteiger charge is 2.27. The zero-order valence-electron chi connectivity index (χ0n) is 24.0. The molecule has 3 aromatic carbocycles. The van der Waals surface area contributed by atoms with Crippen molar-refractivity contribution in [3.8, 4) is 11.3 Å². The molecule has 1 fully saturated rings. The zero-order chi connectivity index (χ0) is 28.9. The van der Waals surface area contributed by atoms with E-state index in [1.807, 2.05) is 42.6 Å². The molecule has 216 valence electrons. The quantitative estimate of drug-likeness (QED) is 0.229. The van der Waals surface area contributed by atoms with Crippen LogP contribution in [0.1, 0.15) is 34.6 Å². The fourth-order valence-electron chi connectivity index (χ4n) is 5.88. The average molecular weight is 626 g/mol. The lowest BCUT2D eigenvalue weighted by Crippen LogP contribution is -2.44. The van der Waals surface area contributed by atoms with Gasteiger partial charge in [0.25, 0.3) is 0 Å². The van der Waals surface area contributed by atoms with Crippen LogP contribution in [0.2, 0.25) is 0 Å². The summed E-state index contributed by atoms with van der Waals surface area (Å²) in [4.78, 5) is 27.2. The normalized spacial score (nSPS) is 16.9. The van der Waals surface area contributed by atoms with Gasteiger partial charge in [-0.3, -0.25) is 4.79 Å². The van der Waals surface area contributed by atoms with Crippen molar-refractivity contribution >= 4 is 33.5 Å². The van der Waals surface area contributed by atoms with Crippen molar-refractivity contribution < 1.29 is 4.79 Å². The van der Waals surface area contributed by atoms with E-state index in [4.69, 9.17) is 4.98 Å². The molecular weight excluding hydrogens is 588 g/mol. The van der Waals surface area contributed by atoms with Crippen LogP contribution in [-0.4, -0.2) is 72.0 Å². The summed E-state index contributed by atoms with van der Waals surface area (Å²) in [5.41, 5.74) is 7.62. The summed E-state index contributed by atoms with van der Waals surface area (Å²) in [5.74, 6) is 0.874. The Balaban J connectivity index is 1.09. The molecule has 1 atom stereocenters. The van der Waals surface area contributed by atoms with Gasteiger partial charge in [0.05, 0.1) is 12.1 Å². The molecule has 1 amide bonds. The predicted octanol–water partition coefficient (Wildman–Crippen LogP) is 5.82. The van der Waals surface area contributed by atoms with Crippen LogP contribution in [0, 0.1) is 0 Å². The Bertz CT molecular complexity index is 1520. The van der Waals surface area contributed by atoms with Gasteiger partial charge in [0.2, 0.25) is 11.9 Å². The number of nitrogens with zero attached hydrogens (tertiary/aromatic N) is 4. The Morgan fingerprint density at radius 1 is 0.976 bits per heavy atom. The minimum absolute atomic E-state index is 0.0251. The number of benzene rings is 3. The monoisotopic (exact) mass is 624 g/mol. The van der Waals surface area contributed by atoms with Crippen LogP contribution >= 0.6 is 15.9 Å². The number of carbonyl (C=O) groups excluding carboxylic acids is 1. The fraction of sp³-hybridized carbons (Fsp3) is 0.324. The maximum atomic E-state index is 12.6. The summed E-state index contributed by atoms with van der Waals surface area (Å²) < 4.78 is 1.00. The smallest absolute Gasteiger partial charge is 0.228 e.